The topological polar surface area (TPSA) is 105 Å². The number of hydrogen-bond acceptors (Lipinski definition) is 5. The number of hydrogen-bond donors (Lipinski definition) is 2. The van der Waals surface area contributed by atoms with Crippen molar-refractivity contribution < 1.29 is 22.7 Å². The molecule has 1 saturated heterocycles. The number of benzene rings is 2. The summed E-state index contributed by atoms with van der Waals surface area (Å²) in [5.74, 6) is -0.288. The van der Waals surface area contributed by atoms with Crippen molar-refractivity contribution in [3.8, 4) is 5.75 Å². The van der Waals surface area contributed by atoms with Crippen LogP contribution in [-0.2, 0) is 26.2 Å². The van der Waals surface area contributed by atoms with Gasteiger partial charge in [0.15, 0.2) is 0 Å². The zero-order chi connectivity index (χ0) is 24.7. The predicted octanol–water partition coefficient (Wildman–Crippen LogP) is 2.55. The number of carbonyl (C=O) groups is 2. The minimum Gasteiger partial charge on any atom is -0.497 e. The lowest BCUT2D eigenvalue weighted by Gasteiger charge is -2.32. The zero-order valence-corrected chi connectivity index (χ0v) is 20.7. The van der Waals surface area contributed by atoms with Gasteiger partial charge in [0, 0.05) is 25.6 Å². The SMILES string of the molecule is COc1ccc(S(=O)(=O)N2CCC(C(=O)N[C@H](C(=O)NCc3ccccc3)C(C)C)CC2)cc1. The summed E-state index contributed by atoms with van der Waals surface area (Å²) in [6, 6.07) is 15.2. The molecule has 2 N–H and O–H groups in total. The molecule has 1 aliphatic rings. The third-order valence-corrected chi connectivity index (χ3v) is 7.99. The highest BCUT2D eigenvalue weighted by molar-refractivity contribution is 7.89. The molecule has 1 atom stereocenters. The Labute approximate surface area is 201 Å². The van der Waals surface area contributed by atoms with Gasteiger partial charge in [-0.3, -0.25) is 9.59 Å². The Morgan fingerprint density at radius 3 is 2.21 bits per heavy atom. The lowest BCUT2D eigenvalue weighted by atomic mass is 9.95. The van der Waals surface area contributed by atoms with E-state index in [1.807, 2.05) is 44.2 Å². The monoisotopic (exact) mass is 487 g/mol. The largest absolute Gasteiger partial charge is 0.497 e. The van der Waals surface area contributed by atoms with Gasteiger partial charge >= 0.3 is 0 Å². The summed E-state index contributed by atoms with van der Waals surface area (Å²) in [6.45, 7) is 4.66. The van der Waals surface area contributed by atoms with Gasteiger partial charge in [0.2, 0.25) is 21.8 Å². The summed E-state index contributed by atoms with van der Waals surface area (Å²) in [5, 5.41) is 5.78. The van der Waals surface area contributed by atoms with E-state index in [4.69, 9.17) is 4.74 Å². The van der Waals surface area contributed by atoms with Crippen LogP contribution in [0.2, 0.25) is 0 Å². The lowest BCUT2D eigenvalue weighted by molar-refractivity contribution is -0.132. The highest BCUT2D eigenvalue weighted by atomic mass is 32.2. The minimum atomic E-state index is -3.64. The lowest BCUT2D eigenvalue weighted by Crippen LogP contribution is -2.52. The average molecular weight is 488 g/mol. The third-order valence-electron chi connectivity index (χ3n) is 6.08. The Morgan fingerprint density at radius 1 is 1.03 bits per heavy atom. The van der Waals surface area contributed by atoms with E-state index in [9.17, 15) is 18.0 Å². The van der Waals surface area contributed by atoms with Gasteiger partial charge in [-0.25, -0.2) is 8.42 Å². The summed E-state index contributed by atoms with van der Waals surface area (Å²) >= 11 is 0. The molecule has 0 aliphatic carbocycles. The first-order valence-electron chi connectivity index (χ1n) is 11.5. The van der Waals surface area contributed by atoms with Crippen molar-refractivity contribution in [3.63, 3.8) is 0 Å². The number of amides is 2. The highest BCUT2D eigenvalue weighted by Crippen LogP contribution is 2.25. The van der Waals surface area contributed by atoms with E-state index in [1.54, 1.807) is 12.1 Å². The van der Waals surface area contributed by atoms with E-state index in [-0.39, 0.29) is 41.6 Å². The van der Waals surface area contributed by atoms with Gasteiger partial charge in [-0.05, 0) is 48.6 Å². The van der Waals surface area contributed by atoms with Crippen molar-refractivity contribution in [2.45, 2.75) is 44.2 Å². The smallest absolute Gasteiger partial charge is 0.243 e. The molecule has 184 valence electrons. The first-order valence-corrected chi connectivity index (χ1v) is 12.9. The Bertz CT molecular complexity index is 1060. The van der Waals surface area contributed by atoms with Gasteiger partial charge in [-0.2, -0.15) is 4.31 Å². The summed E-state index contributed by atoms with van der Waals surface area (Å²) in [4.78, 5) is 25.9. The molecule has 34 heavy (non-hydrogen) atoms. The number of ether oxygens (including phenoxy) is 1. The Balaban J connectivity index is 1.55. The highest BCUT2D eigenvalue weighted by Gasteiger charge is 2.34. The molecule has 0 aromatic heterocycles. The predicted molar refractivity (Wildman–Crippen MR) is 130 cm³/mol. The first-order chi connectivity index (χ1) is 16.2. The molecule has 3 rings (SSSR count). The maximum atomic E-state index is 12.9. The molecule has 0 saturated carbocycles. The molecule has 1 aliphatic heterocycles. The van der Waals surface area contributed by atoms with E-state index in [0.717, 1.165) is 5.56 Å². The van der Waals surface area contributed by atoms with Crippen molar-refractivity contribution in [3.05, 3.63) is 60.2 Å². The first kappa shape index (κ1) is 25.7. The second kappa shape index (κ2) is 11.5. The average Bonchev–Trinajstić information content (AvgIpc) is 2.86. The van der Waals surface area contributed by atoms with Crippen LogP contribution in [0.15, 0.2) is 59.5 Å². The quantitative estimate of drug-likeness (QED) is 0.566. The third kappa shape index (κ3) is 6.36. The number of rotatable bonds is 9. The van der Waals surface area contributed by atoms with Crippen molar-refractivity contribution in [1.29, 1.82) is 0 Å². The summed E-state index contributed by atoms with van der Waals surface area (Å²) < 4.78 is 32.4. The molecule has 0 bridgehead atoms. The van der Waals surface area contributed by atoms with Crippen LogP contribution in [0, 0.1) is 11.8 Å². The number of methoxy groups -OCH3 is 1. The molecule has 1 heterocycles. The molecule has 2 aromatic carbocycles. The number of carbonyl (C=O) groups excluding carboxylic acids is 2. The van der Waals surface area contributed by atoms with Crippen LogP contribution >= 0.6 is 0 Å². The van der Waals surface area contributed by atoms with Gasteiger partial charge in [-0.15, -0.1) is 0 Å². The van der Waals surface area contributed by atoms with Crippen LogP contribution in [-0.4, -0.2) is 50.8 Å². The molecule has 9 heteroatoms. The molecule has 0 unspecified atom stereocenters. The van der Waals surface area contributed by atoms with Crippen LogP contribution in [0.5, 0.6) is 5.75 Å². The van der Waals surface area contributed by atoms with E-state index in [2.05, 4.69) is 10.6 Å². The van der Waals surface area contributed by atoms with Crippen LogP contribution in [0.3, 0.4) is 0 Å². The minimum absolute atomic E-state index is 0.0877. The molecular weight excluding hydrogens is 454 g/mol. The number of piperidine rings is 1. The van der Waals surface area contributed by atoms with E-state index >= 15 is 0 Å². The summed E-state index contributed by atoms with van der Waals surface area (Å²) in [7, 11) is -2.11. The van der Waals surface area contributed by atoms with Gasteiger partial charge in [0.1, 0.15) is 11.8 Å². The zero-order valence-electron chi connectivity index (χ0n) is 19.9. The molecule has 1 fully saturated rings. The molecule has 0 spiro atoms. The number of nitrogens with one attached hydrogen (secondary N) is 2. The summed E-state index contributed by atoms with van der Waals surface area (Å²) in [6.07, 6.45) is 0.801. The standard InChI is InChI=1S/C25H33N3O5S/c1-18(2)23(25(30)26-17-19-7-5-4-6-8-19)27-24(29)20-13-15-28(16-14-20)34(31,32)22-11-9-21(33-3)10-12-22/h4-12,18,20,23H,13-17H2,1-3H3,(H,26,30)(H,27,29)/t23-/m0/s1. The van der Waals surface area contributed by atoms with Gasteiger partial charge in [0.25, 0.3) is 0 Å². The Hall–Kier alpha value is -2.91. The maximum absolute atomic E-state index is 12.9. The fourth-order valence-corrected chi connectivity index (χ4v) is 5.43. The second-order valence-electron chi connectivity index (χ2n) is 8.79. The molecule has 0 radical (unpaired) electrons. The van der Waals surface area contributed by atoms with Crippen molar-refractivity contribution in [2.24, 2.45) is 11.8 Å². The Morgan fingerprint density at radius 2 is 1.65 bits per heavy atom. The van der Waals surface area contributed by atoms with Crippen LogP contribution in [0.4, 0.5) is 0 Å². The van der Waals surface area contributed by atoms with Crippen molar-refractivity contribution >= 4 is 21.8 Å². The fraction of sp³-hybridized carbons (Fsp3) is 0.440. The van der Waals surface area contributed by atoms with Crippen LogP contribution in [0.25, 0.3) is 0 Å². The van der Waals surface area contributed by atoms with Gasteiger partial charge in [0.05, 0.1) is 12.0 Å². The van der Waals surface area contributed by atoms with Crippen LogP contribution < -0.4 is 15.4 Å². The van der Waals surface area contributed by atoms with E-state index in [0.29, 0.717) is 25.1 Å². The maximum Gasteiger partial charge on any atom is 0.243 e. The summed E-state index contributed by atoms with van der Waals surface area (Å²) in [5.41, 5.74) is 0.982. The molecule has 2 amide bonds. The van der Waals surface area contributed by atoms with E-state index < -0.39 is 16.1 Å². The fourth-order valence-electron chi connectivity index (χ4n) is 3.96. The molecule has 2 aromatic rings. The second-order valence-corrected chi connectivity index (χ2v) is 10.7. The normalized spacial score (nSPS) is 16.1. The van der Waals surface area contributed by atoms with Crippen LogP contribution in [0.1, 0.15) is 32.3 Å². The molecular formula is C25H33N3O5S. The molecule has 8 nitrogen and oxygen atoms in total. The number of sulfonamides is 1. The van der Waals surface area contributed by atoms with Crippen molar-refractivity contribution in [2.75, 3.05) is 20.2 Å². The van der Waals surface area contributed by atoms with Gasteiger partial charge in [-0.1, -0.05) is 44.2 Å². The Kier molecular flexibility index (Phi) is 8.68. The van der Waals surface area contributed by atoms with Crippen molar-refractivity contribution in [1.82, 2.24) is 14.9 Å². The number of nitrogens with zero attached hydrogens (tertiary/aromatic N) is 1. The van der Waals surface area contributed by atoms with E-state index in [1.165, 1.54) is 23.5 Å². The van der Waals surface area contributed by atoms with Gasteiger partial charge < -0.3 is 15.4 Å².